The third kappa shape index (κ3) is 2.93. The first kappa shape index (κ1) is 14.4. The second-order valence-corrected chi connectivity index (χ2v) is 5.45. The molecule has 0 saturated heterocycles. The number of rotatable bonds is 5. The van der Waals surface area contributed by atoms with Crippen molar-refractivity contribution in [1.82, 2.24) is 0 Å². The van der Waals surface area contributed by atoms with Gasteiger partial charge in [0.15, 0.2) is 0 Å². The van der Waals surface area contributed by atoms with E-state index in [9.17, 15) is 5.11 Å². The van der Waals surface area contributed by atoms with Crippen LogP contribution in [0.5, 0.6) is 5.75 Å². The van der Waals surface area contributed by atoms with Gasteiger partial charge in [-0.1, -0.05) is 19.1 Å². The van der Waals surface area contributed by atoms with Crippen molar-refractivity contribution < 1.29 is 14.6 Å². The molecule has 0 bridgehead atoms. The molecule has 1 aromatic rings. The number of aryl methyl sites for hydroxylation is 2. The average molecular weight is 264 g/mol. The Hall–Kier alpha value is -1.06. The Bertz CT molecular complexity index is 442. The summed E-state index contributed by atoms with van der Waals surface area (Å²) in [6.07, 6.45) is 1.02. The number of benzene rings is 1. The normalized spacial score (nSPS) is 26.1. The standard InChI is InChI=1S/C16H24O3/c1-5-8-18-16-13(17)9-14(16)19-15-11(3)7-6-10(2)12(15)4/h6-7,13-14,16-17H,5,8-9H2,1-4H3. The molecule has 1 aliphatic rings. The van der Waals surface area contributed by atoms with Gasteiger partial charge < -0.3 is 14.6 Å². The van der Waals surface area contributed by atoms with Crippen molar-refractivity contribution in [2.75, 3.05) is 6.61 Å². The monoisotopic (exact) mass is 264 g/mol. The van der Waals surface area contributed by atoms with E-state index < -0.39 is 0 Å². The van der Waals surface area contributed by atoms with E-state index in [0.717, 1.165) is 17.7 Å². The quantitative estimate of drug-likeness (QED) is 0.888. The summed E-state index contributed by atoms with van der Waals surface area (Å²) in [7, 11) is 0. The Kier molecular flexibility index (Phi) is 4.48. The molecule has 0 heterocycles. The van der Waals surface area contributed by atoms with Crippen molar-refractivity contribution in [3.8, 4) is 5.75 Å². The van der Waals surface area contributed by atoms with E-state index in [-0.39, 0.29) is 18.3 Å². The summed E-state index contributed by atoms with van der Waals surface area (Å²) in [4.78, 5) is 0. The van der Waals surface area contributed by atoms with E-state index in [2.05, 4.69) is 39.8 Å². The van der Waals surface area contributed by atoms with Gasteiger partial charge in [-0.2, -0.15) is 0 Å². The van der Waals surface area contributed by atoms with Crippen LogP contribution in [-0.2, 0) is 4.74 Å². The highest BCUT2D eigenvalue weighted by atomic mass is 16.6. The number of ether oxygens (including phenoxy) is 2. The van der Waals surface area contributed by atoms with Crippen LogP contribution in [-0.4, -0.2) is 30.0 Å². The highest BCUT2D eigenvalue weighted by Crippen LogP contribution is 2.33. The maximum Gasteiger partial charge on any atom is 0.130 e. The van der Waals surface area contributed by atoms with E-state index in [1.54, 1.807) is 0 Å². The molecular formula is C16H24O3. The third-order valence-corrected chi connectivity index (χ3v) is 3.88. The van der Waals surface area contributed by atoms with Crippen molar-refractivity contribution in [2.45, 2.75) is 58.8 Å². The molecule has 3 nitrogen and oxygen atoms in total. The molecule has 1 saturated carbocycles. The van der Waals surface area contributed by atoms with Gasteiger partial charge >= 0.3 is 0 Å². The third-order valence-electron chi connectivity index (χ3n) is 3.88. The lowest BCUT2D eigenvalue weighted by Gasteiger charge is -2.41. The molecule has 0 spiro atoms. The largest absolute Gasteiger partial charge is 0.487 e. The fourth-order valence-corrected chi connectivity index (χ4v) is 2.40. The molecule has 0 aromatic heterocycles. The van der Waals surface area contributed by atoms with Crippen LogP contribution in [0.15, 0.2) is 12.1 Å². The van der Waals surface area contributed by atoms with E-state index in [1.165, 1.54) is 11.1 Å². The topological polar surface area (TPSA) is 38.7 Å². The van der Waals surface area contributed by atoms with Crippen LogP contribution < -0.4 is 4.74 Å². The maximum atomic E-state index is 9.77. The van der Waals surface area contributed by atoms with Gasteiger partial charge in [-0.3, -0.25) is 0 Å². The van der Waals surface area contributed by atoms with E-state index in [0.29, 0.717) is 13.0 Å². The summed E-state index contributed by atoms with van der Waals surface area (Å²) < 4.78 is 11.7. The molecule has 0 radical (unpaired) electrons. The van der Waals surface area contributed by atoms with Gasteiger partial charge in [0.2, 0.25) is 0 Å². The van der Waals surface area contributed by atoms with Crippen LogP contribution in [0.25, 0.3) is 0 Å². The smallest absolute Gasteiger partial charge is 0.130 e. The van der Waals surface area contributed by atoms with Crippen molar-refractivity contribution in [1.29, 1.82) is 0 Å². The lowest BCUT2D eigenvalue weighted by molar-refractivity contribution is -0.162. The summed E-state index contributed by atoms with van der Waals surface area (Å²) in [5.74, 6) is 0.946. The predicted molar refractivity (Wildman–Crippen MR) is 75.7 cm³/mol. The number of aliphatic hydroxyl groups excluding tert-OH is 1. The van der Waals surface area contributed by atoms with E-state index in [4.69, 9.17) is 9.47 Å². The van der Waals surface area contributed by atoms with Crippen molar-refractivity contribution in [2.24, 2.45) is 0 Å². The summed E-state index contributed by atoms with van der Waals surface area (Å²) in [5, 5.41) is 9.77. The molecule has 3 heteroatoms. The highest BCUT2D eigenvalue weighted by Gasteiger charge is 2.43. The first-order chi connectivity index (χ1) is 9.04. The Balaban J connectivity index is 2.07. The van der Waals surface area contributed by atoms with Crippen molar-refractivity contribution in [3.05, 3.63) is 28.8 Å². The summed E-state index contributed by atoms with van der Waals surface area (Å²) >= 11 is 0. The zero-order valence-electron chi connectivity index (χ0n) is 12.3. The zero-order chi connectivity index (χ0) is 14.0. The molecule has 19 heavy (non-hydrogen) atoms. The van der Waals surface area contributed by atoms with E-state index in [1.807, 2.05) is 0 Å². The maximum absolute atomic E-state index is 9.77. The first-order valence-electron chi connectivity index (χ1n) is 7.07. The second-order valence-electron chi connectivity index (χ2n) is 5.45. The van der Waals surface area contributed by atoms with Crippen LogP contribution in [0.2, 0.25) is 0 Å². The second kappa shape index (κ2) is 5.93. The number of hydrogen-bond acceptors (Lipinski definition) is 3. The lowest BCUT2D eigenvalue weighted by atomic mass is 9.87. The zero-order valence-corrected chi connectivity index (χ0v) is 12.3. The Morgan fingerprint density at radius 3 is 2.53 bits per heavy atom. The first-order valence-corrected chi connectivity index (χ1v) is 7.07. The van der Waals surface area contributed by atoms with Crippen LogP contribution in [0.1, 0.15) is 36.5 Å². The fraction of sp³-hybridized carbons (Fsp3) is 0.625. The molecule has 1 aliphatic carbocycles. The predicted octanol–water partition coefficient (Wildman–Crippen LogP) is 2.92. The Labute approximate surface area is 115 Å². The molecule has 1 fully saturated rings. The molecule has 1 aromatic carbocycles. The van der Waals surface area contributed by atoms with Crippen LogP contribution in [0.3, 0.4) is 0 Å². The van der Waals surface area contributed by atoms with Gasteiger partial charge in [0.1, 0.15) is 18.0 Å². The minimum atomic E-state index is -0.387. The van der Waals surface area contributed by atoms with Gasteiger partial charge in [0, 0.05) is 13.0 Å². The van der Waals surface area contributed by atoms with Crippen molar-refractivity contribution in [3.63, 3.8) is 0 Å². The van der Waals surface area contributed by atoms with Gasteiger partial charge in [0.25, 0.3) is 0 Å². The summed E-state index contributed by atoms with van der Waals surface area (Å²) in [6.45, 7) is 8.96. The van der Waals surface area contributed by atoms with Gasteiger partial charge in [-0.15, -0.1) is 0 Å². The number of hydrogen-bond donors (Lipinski definition) is 1. The van der Waals surface area contributed by atoms with Crippen LogP contribution >= 0.6 is 0 Å². The lowest BCUT2D eigenvalue weighted by Crippen LogP contribution is -2.55. The molecule has 1 N–H and O–H groups in total. The summed E-state index contributed by atoms with van der Waals surface area (Å²) in [6, 6.07) is 4.19. The van der Waals surface area contributed by atoms with Crippen molar-refractivity contribution >= 4 is 0 Å². The molecule has 0 amide bonds. The minimum Gasteiger partial charge on any atom is -0.487 e. The Morgan fingerprint density at radius 1 is 1.21 bits per heavy atom. The van der Waals surface area contributed by atoms with Gasteiger partial charge in [-0.25, -0.2) is 0 Å². The molecule has 3 atom stereocenters. The molecule has 0 aliphatic heterocycles. The molecule has 3 unspecified atom stereocenters. The summed E-state index contributed by atoms with van der Waals surface area (Å²) in [5.41, 5.74) is 3.54. The Morgan fingerprint density at radius 2 is 1.89 bits per heavy atom. The van der Waals surface area contributed by atoms with Gasteiger partial charge in [-0.05, 0) is 43.9 Å². The molecule has 2 rings (SSSR count). The average Bonchev–Trinajstić information content (AvgIpc) is 2.38. The fourth-order valence-electron chi connectivity index (χ4n) is 2.40. The van der Waals surface area contributed by atoms with Crippen LogP contribution in [0.4, 0.5) is 0 Å². The SMILES string of the molecule is CCCOC1C(O)CC1Oc1c(C)ccc(C)c1C. The number of aliphatic hydroxyl groups is 1. The minimum absolute atomic E-state index is 0.0271. The van der Waals surface area contributed by atoms with Gasteiger partial charge in [0.05, 0.1) is 6.10 Å². The molecular weight excluding hydrogens is 240 g/mol. The van der Waals surface area contributed by atoms with E-state index >= 15 is 0 Å². The highest BCUT2D eigenvalue weighted by molar-refractivity contribution is 5.44. The molecule has 106 valence electrons. The van der Waals surface area contributed by atoms with Crippen LogP contribution in [0, 0.1) is 20.8 Å².